The molecule has 1 N–H and O–H groups in total. The Hall–Kier alpha value is -1.66. The van der Waals surface area contributed by atoms with Crippen molar-refractivity contribution in [2.45, 2.75) is 64.8 Å². The molecule has 0 radical (unpaired) electrons. The third-order valence-corrected chi connectivity index (χ3v) is 7.93. The number of nitrogens with zero attached hydrogens (tertiary/aromatic N) is 3. The number of likely N-dealkylation sites (tertiary alicyclic amines) is 1. The van der Waals surface area contributed by atoms with Crippen molar-refractivity contribution in [3.8, 4) is 0 Å². The highest BCUT2D eigenvalue weighted by Crippen LogP contribution is 2.32. The number of hydrogen-bond donors (Lipinski definition) is 1. The van der Waals surface area contributed by atoms with Crippen molar-refractivity contribution >= 4 is 32.6 Å². The fourth-order valence-corrected chi connectivity index (χ4v) is 5.85. The molecule has 0 spiro atoms. The summed E-state index contributed by atoms with van der Waals surface area (Å²) in [5.74, 6) is 0.398. The van der Waals surface area contributed by atoms with Gasteiger partial charge in [-0.1, -0.05) is 30.7 Å². The number of hydrogen-bond acceptors (Lipinski definition) is 5. The van der Waals surface area contributed by atoms with Crippen LogP contribution in [-0.2, 0) is 11.2 Å². The van der Waals surface area contributed by atoms with Crippen molar-refractivity contribution in [2.75, 3.05) is 37.6 Å². The number of carbonyl (C=O) groups is 1. The summed E-state index contributed by atoms with van der Waals surface area (Å²) in [6.45, 7) is 9.50. The monoisotopic (exact) mass is 428 g/mol. The molecule has 1 aromatic carbocycles. The van der Waals surface area contributed by atoms with Crippen LogP contribution in [0.2, 0.25) is 0 Å². The molecule has 2 aromatic rings. The number of fused-ring (bicyclic) bond motifs is 1. The highest BCUT2D eigenvalue weighted by atomic mass is 32.1. The van der Waals surface area contributed by atoms with Gasteiger partial charge in [0.15, 0.2) is 5.13 Å². The van der Waals surface area contributed by atoms with E-state index in [1.165, 1.54) is 36.1 Å². The van der Waals surface area contributed by atoms with Gasteiger partial charge in [0.05, 0.1) is 10.2 Å². The van der Waals surface area contributed by atoms with Gasteiger partial charge in [-0.05, 0) is 69.7 Å². The zero-order chi connectivity index (χ0) is 20.9. The Labute approximate surface area is 184 Å². The van der Waals surface area contributed by atoms with Gasteiger partial charge in [-0.2, -0.15) is 0 Å². The van der Waals surface area contributed by atoms with Gasteiger partial charge in [-0.25, -0.2) is 4.98 Å². The number of thiazole rings is 1. The molecule has 0 bridgehead atoms. The predicted octanol–water partition coefficient (Wildman–Crippen LogP) is 4.46. The van der Waals surface area contributed by atoms with E-state index in [2.05, 4.69) is 47.2 Å². The van der Waals surface area contributed by atoms with E-state index < -0.39 is 0 Å². The van der Waals surface area contributed by atoms with E-state index in [1.807, 2.05) is 0 Å². The van der Waals surface area contributed by atoms with Crippen LogP contribution in [0.1, 0.15) is 57.9 Å². The summed E-state index contributed by atoms with van der Waals surface area (Å²) in [4.78, 5) is 22.4. The van der Waals surface area contributed by atoms with Gasteiger partial charge in [0, 0.05) is 38.1 Å². The number of nitrogens with one attached hydrogen (secondary N) is 1. The summed E-state index contributed by atoms with van der Waals surface area (Å²) in [6, 6.07) is 7.28. The molecule has 2 aliphatic rings. The number of carbonyl (C=O) groups excluding carboxylic acids is 1. The van der Waals surface area contributed by atoms with Gasteiger partial charge < -0.3 is 15.1 Å². The van der Waals surface area contributed by atoms with Crippen LogP contribution < -0.4 is 10.2 Å². The quantitative estimate of drug-likeness (QED) is 0.662. The zero-order valence-corrected chi connectivity index (χ0v) is 19.3. The average molecular weight is 429 g/mol. The van der Waals surface area contributed by atoms with E-state index in [-0.39, 0.29) is 11.8 Å². The number of amides is 1. The first kappa shape index (κ1) is 21.6. The Bertz CT molecular complexity index is 843. The van der Waals surface area contributed by atoms with Crippen LogP contribution in [0, 0.1) is 5.92 Å². The molecular weight excluding hydrogens is 392 g/mol. The number of piperidine rings is 2. The minimum atomic E-state index is 0.149. The standard InChI is InChI=1S/C24H36N4OS/c1-3-19-8-9-21-22(17-19)30-24(26-21)28-15-10-20(11-16-28)23(29)25-12-6-14-27-13-5-4-7-18(27)2/h8-9,17-18,20H,3-7,10-16H2,1-2H3,(H,25,29). The fourth-order valence-electron chi connectivity index (χ4n) is 4.77. The Balaban J connectivity index is 1.21. The molecule has 3 heterocycles. The topological polar surface area (TPSA) is 48.5 Å². The van der Waals surface area contributed by atoms with E-state index >= 15 is 0 Å². The molecule has 2 aliphatic heterocycles. The Morgan fingerprint density at radius 2 is 2.03 bits per heavy atom. The first-order valence-electron chi connectivity index (χ1n) is 11.8. The van der Waals surface area contributed by atoms with Gasteiger partial charge in [-0.3, -0.25) is 4.79 Å². The number of rotatable bonds is 7. The second-order valence-electron chi connectivity index (χ2n) is 8.94. The minimum absolute atomic E-state index is 0.149. The van der Waals surface area contributed by atoms with Crippen molar-refractivity contribution in [3.05, 3.63) is 23.8 Å². The molecule has 164 valence electrons. The summed E-state index contributed by atoms with van der Waals surface area (Å²) < 4.78 is 1.27. The minimum Gasteiger partial charge on any atom is -0.356 e. The second kappa shape index (κ2) is 10.1. The zero-order valence-electron chi connectivity index (χ0n) is 18.5. The molecule has 2 saturated heterocycles. The van der Waals surface area contributed by atoms with Gasteiger partial charge >= 0.3 is 0 Å². The number of aryl methyl sites for hydroxylation is 1. The third kappa shape index (κ3) is 5.14. The number of benzene rings is 1. The van der Waals surface area contributed by atoms with E-state index in [0.717, 1.165) is 62.5 Å². The third-order valence-electron chi connectivity index (χ3n) is 6.85. The van der Waals surface area contributed by atoms with Crippen LogP contribution in [0.4, 0.5) is 5.13 Å². The SMILES string of the molecule is CCc1ccc2nc(N3CCC(C(=O)NCCCN4CCCCC4C)CC3)sc2c1. The van der Waals surface area contributed by atoms with Gasteiger partial charge in [0.1, 0.15) is 0 Å². The van der Waals surface area contributed by atoms with Crippen molar-refractivity contribution in [3.63, 3.8) is 0 Å². The summed E-state index contributed by atoms with van der Waals surface area (Å²) in [5.41, 5.74) is 2.46. The van der Waals surface area contributed by atoms with E-state index in [9.17, 15) is 4.79 Å². The average Bonchev–Trinajstić information content (AvgIpc) is 3.21. The van der Waals surface area contributed by atoms with Gasteiger partial charge in [-0.15, -0.1) is 0 Å². The highest BCUT2D eigenvalue weighted by Gasteiger charge is 2.26. The Kier molecular flexibility index (Phi) is 7.26. The number of anilines is 1. The van der Waals surface area contributed by atoms with Crippen molar-refractivity contribution < 1.29 is 4.79 Å². The Morgan fingerprint density at radius 3 is 2.80 bits per heavy atom. The number of aromatic nitrogens is 1. The lowest BCUT2D eigenvalue weighted by atomic mass is 9.96. The van der Waals surface area contributed by atoms with Gasteiger partial charge in [0.2, 0.25) is 5.91 Å². The van der Waals surface area contributed by atoms with E-state index in [0.29, 0.717) is 6.04 Å². The van der Waals surface area contributed by atoms with Crippen molar-refractivity contribution in [1.82, 2.24) is 15.2 Å². The summed E-state index contributed by atoms with van der Waals surface area (Å²) in [6.07, 6.45) is 7.96. The molecule has 4 rings (SSSR count). The molecule has 5 nitrogen and oxygen atoms in total. The lowest BCUT2D eigenvalue weighted by molar-refractivity contribution is -0.125. The lowest BCUT2D eigenvalue weighted by Crippen LogP contribution is -2.42. The van der Waals surface area contributed by atoms with Crippen LogP contribution in [0.25, 0.3) is 10.2 Å². The first-order chi connectivity index (χ1) is 14.6. The van der Waals surface area contributed by atoms with Crippen LogP contribution >= 0.6 is 11.3 Å². The summed E-state index contributed by atoms with van der Waals surface area (Å²) >= 11 is 1.78. The van der Waals surface area contributed by atoms with E-state index in [1.54, 1.807) is 11.3 Å². The van der Waals surface area contributed by atoms with Crippen molar-refractivity contribution in [1.29, 1.82) is 0 Å². The fraction of sp³-hybridized carbons (Fsp3) is 0.667. The highest BCUT2D eigenvalue weighted by molar-refractivity contribution is 7.22. The summed E-state index contributed by atoms with van der Waals surface area (Å²) in [5, 5.41) is 4.30. The molecule has 1 atom stereocenters. The molecule has 0 aliphatic carbocycles. The van der Waals surface area contributed by atoms with Crippen LogP contribution in [0.3, 0.4) is 0 Å². The molecule has 30 heavy (non-hydrogen) atoms. The van der Waals surface area contributed by atoms with Gasteiger partial charge in [0.25, 0.3) is 0 Å². The molecule has 1 unspecified atom stereocenters. The lowest BCUT2D eigenvalue weighted by Gasteiger charge is -2.33. The smallest absolute Gasteiger partial charge is 0.223 e. The molecule has 0 saturated carbocycles. The largest absolute Gasteiger partial charge is 0.356 e. The molecule has 1 aromatic heterocycles. The normalized spacial score (nSPS) is 21.3. The maximum absolute atomic E-state index is 12.6. The molecule has 1 amide bonds. The second-order valence-corrected chi connectivity index (χ2v) is 9.95. The predicted molar refractivity (Wildman–Crippen MR) is 126 cm³/mol. The maximum atomic E-state index is 12.6. The van der Waals surface area contributed by atoms with Crippen LogP contribution in [0.5, 0.6) is 0 Å². The maximum Gasteiger partial charge on any atom is 0.223 e. The molecular formula is C24H36N4OS. The first-order valence-corrected chi connectivity index (χ1v) is 12.6. The van der Waals surface area contributed by atoms with Crippen LogP contribution in [0.15, 0.2) is 18.2 Å². The summed E-state index contributed by atoms with van der Waals surface area (Å²) in [7, 11) is 0. The van der Waals surface area contributed by atoms with Crippen molar-refractivity contribution in [2.24, 2.45) is 5.92 Å². The van der Waals surface area contributed by atoms with Crippen LogP contribution in [-0.4, -0.2) is 54.6 Å². The Morgan fingerprint density at radius 1 is 1.20 bits per heavy atom. The van der Waals surface area contributed by atoms with E-state index in [4.69, 9.17) is 4.98 Å². The molecule has 2 fully saturated rings. The molecule has 6 heteroatoms.